The SMILES string of the molecule is COc1cc([C]=O)cc([N+](=O)[O-])c1. The molecule has 1 aromatic carbocycles. The van der Waals surface area contributed by atoms with Crippen LogP contribution in [0.3, 0.4) is 0 Å². The van der Waals surface area contributed by atoms with Gasteiger partial charge in [-0.1, -0.05) is 0 Å². The van der Waals surface area contributed by atoms with Gasteiger partial charge in [-0.15, -0.1) is 0 Å². The Kier molecular flexibility index (Phi) is 2.59. The Morgan fingerprint density at radius 1 is 1.46 bits per heavy atom. The highest BCUT2D eigenvalue weighted by Crippen LogP contribution is 2.21. The van der Waals surface area contributed by atoms with Crippen LogP contribution in [0.2, 0.25) is 0 Å². The van der Waals surface area contributed by atoms with Crippen molar-refractivity contribution < 1.29 is 14.5 Å². The Hall–Kier alpha value is -1.91. The summed E-state index contributed by atoms with van der Waals surface area (Å²) in [5, 5.41) is 10.4. The lowest BCUT2D eigenvalue weighted by molar-refractivity contribution is -0.384. The van der Waals surface area contributed by atoms with Crippen LogP contribution in [-0.4, -0.2) is 18.3 Å². The number of nitro groups is 1. The Morgan fingerprint density at radius 2 is 2.15 bits per heavy atom. The zero-order valence-electron chi connectivity index (χ0n) is 6.81. The van der Waals surface area contributed by atoms with Gasteiger partial charge in [0.15, 0.2) is 0 Å². The topological polar surface area (TPSA) is 69.4 Å². The molecule has 0 saturated heterocycles. The quantitative estimate of drug-likeness (QED) is 0.515. The maximum Gasteiger partial charge on any atom is 0.273 e. The average Bonchev–Trinajstić information content (AvgIpc) is 2.16. The van der Waals surface area contributed by atoms with Gasteiger partial charge < -0.3 is 4.74 Å². The average molecular weight is 180 g/mol. The molecule has 0 aliphatic rings. The first kappa shape index (κ1) is 9.18. The molecule has 0 heterocycles. The smallest absolute Gasteiger partial charge is 0.273 e. The van der Waals surface area contributed by atoms with Crippen LogP contribution in [0.1, 0.15) is 5.56 Å². The molecule has 13 heavy (non-hydrogen) atoms. The summed E-state index contributed by atoms with van der Waals surface area (Å²) < 4.78 is 4.76. The van der Waals surface area contributed by atoms with E-state index in [9.17, 15) is 14.9 Å². The molecule has 5 nitrogen and oxygen atoms in total. The van der Waals surface area contributed by atoms with Crippen LogP contribution in [0.25, 0.3) is 0 Å². The summed E-state index contributed by atoms with van der Waals surface area (Å²) >= 11 is 0. The highest BCUT2D eigenvalue weighted by atomic mass is 16.6. The Balaban J connectivity index is 3.22. The fraction of sp³-hybridized carbons (Fsp3) is 0.125. The zero-order chi connectivity index (χ0) is 9.84. The molecule has 5 heteroatoms. The van der Waals surface area contributed by atoms with Crippen molar-refractivity contribution in [2.45, 2.75) is 0 Å². The largest absolute Gasteiger partial charge is 0.496 e. The molecule has 1 aromatic rings. The van der Waals surface area contributed by atoms with Gasteiger partial charge in [-0.3, -0.25) is 14.9 Å². The third-order valence-electron chi connectivity index (χ3n) is 1.46. The van der Waals surface area contributed by atoms with Gasteiger partial charge in [-0.2, -0.15) is 0 Å². The van der Waals surface area contributed by atoms with E-state index in [4.69, 9.17) is 4.74 Å². The molecule has 0 saturated carbocycles. The van der Waals surface area contributed by atoms with Crippen molar-refractivity contribution in [2.75, 3.05) is 7.11 Å². The monoisotopic (exact) mass is 180 g/mol. The summed E-state index contributed by atoms with van der Waals surface area (Å²) in [5.41, 5.74) is -0.0799. The van der Waals surface area contributed by atoms with Crippen LogP contribution < -0.4 is 4.74 Å². The fourth-order valence-electron chi connectivity index (χ4n) is 0.866. The third-order valence-corrected chi connectivity index (χ3v) is 1.46. The third kappa shape index (κ3) is 2.02. The molecule has 1 rings (SSSR count). The molecule has 0 atom stereocenters. The van der Waals surface area contributed by atoms with Crippen molar-refractivity contribution in [3.63, 3.8) is 0 Å². The number of hydrogen-bond acceptors (Lipinski definition) is 4. The zero-order valence-corrected chi connectivity index (χ0v) is 6.81. The molecule has 67 valence electrons. The molecule has 0 aliphatic carbocycles. The summed E-state index contributed by atoms with van der Waals surface area (Å²) in [7, 11) is 1.37. The summed E-state index contributed by atoms with van der Waals surface area (Å²) in [5.74, 6) is 0.271. The summed E-state index contributed by atoms with van der Waals surface area (Å²) in [6.45, 7) is 0. The van der Waals surface area contributed by atoms with E-state index in [1.165, 1.54) is 19.2 Å². The number of non-ortho nitro benzene ring substituents is 1. The van der Waals surface area contributed by atoms with Crippen LogP contribution in [0, 0.1) is 10.1 Å². The van der Waals surface area contributed by atoms with Crippen LogP contribution in [0.15, 0.2) is 18.2 Å². The van der Waals surface area contributed by atoms with Crippen molar-refractivity contribution in [3.05, 3.63) is 33.9 Å². The van der Waals surface area contributed by atoms with Crippen molar-refractivity contribution in [1.82, 2.24) is 0 Å². The number of nitrogens with zero attached hydrogens (tertiary/aromatic N) is 1. The van der Waals surface area contributed by atoms with Crippen molar-refractivity contribution in [2.24, 2.45) is 0 Å². The second kappa shape index (κ2) is 3.66. The first-order valence-electron chi connectivity index (χ1n) is 3.39. The van der Waals surface area contributed by atoms with E-state index >= 15 is 0 Å². The van der Waals surface area contributed by atoms with Gasteiger partial charge in [0.05, 0.1) is 18.1 Å². The van der Waals surface area contributed by atoms with Gasteiger partial charge in [0.1, 0.15) is 5.75 Å². The summed E-state index contributed by atoms with van der Waals surface area (Å²) in [6.07, 6.45) is 1.56. The highest BCUT2D eigenvalue weighted by molar-refractivity contribution is 5.77. The molecule has 0 unspecified atom stereocenters. The fourth-order valence-corrected chi connectivity index (χ4v) is 0.866. The molecule has 0 spiro atoms. The van der Waals surface area contributed by atoms with Gasteiger partial charge in [-0.25, -0.2) is 0 Å². The van der Waals surface area contributed by atoms with E-state index in [0.29, 0.717) is 0 Å². The van der Waals surface area contributed by atoms with E-state index < -0.39 is 4.92 Å². The maximum atomic E-state index is 10.4. The molecule has 0 fully saturated rings. The number of carbonyl (C=O) groups excluding carboxylic acids is 1. The lowest BCUT2D eigenvalue weighted by Crippen LogP contribution is -1.92. The van der Waals surface area contributed by atoms with Crippen LogP contribution in [-0.2, 0) is 4.79 Å². The van der Waals surface area contributed by atoms with Gasteiger partial charge in [0, 0.05) is 11.6 Å². The van der Waals surface area contributed by atoms with Gasteiger partial charge in [-0.05, 0) is 6.07 Å². The molecule has 0 bridgehead atoms. The van der Waals surface area contributed by atoms with Crippen molar-refractivity contribution in [3.8, 4) is 5.75 Å². The predicted octanol–water partition coefficient (Wildman–Crippen LogP) is 1.06. The predicted molar refractivity (Wildman–Crippen MR) is 44.4 cm³/mol. The van der Waals surface area contributed by atoms with Crippen LogP contribution in [0.5, 0.6) is 5.75 Å². The summed E-state index contributed by atoms with van der Waals surface area (Å²) in [4.78, 5) is 20.0. The minimum atomic E-state index is -0.594. The van der Waals surface area contributed by atoms with E-state index in [2.05, 4.69) is 0 Å². The van der Waals surface area contributed by atoms with E-state index in [1.807, 2.05) is 0 Å². The Bertz CT molecular complexity index is 348. The summed E-state index contributed by atoms with van der Waals surface area (Å²) in [6, 6.07) is 3.75. The van der Waals surface area contributed by atoms with Gasteiger partial charge in [0.25, 0.3) is 5.69 Å². The lowest BCUT2D eigenvalue weighted by atomic mass is 10.2. The number of benzene rings is 1. The van der Waals surface area contributed by atoms with E-state index in [-0.39, 0.29) is 17.0 Å². The Labute approximate surface area is 74.1 Å². The second-order valence-electron chi connectivity index (χ2n) is 2.28. The van der Waals surface area contributed by atoms with Crippen LogP contribution >= 0.6 is 0 Å². The normalized spacial score (nSPS) is 9.31. The Morgan fingerprint density at radius 3 is 2.62 bits per heavy atom. The van der Waals surface area contributed by atoms with Crippen molar-refractivity contribution in [1.29, 1.82) is 0 Å². The van der Waals surface area contributed by atoms with Crippen molar-refractivity contribution >= 4 is 12.0 Å². The maximum absolute atomic E-state index is 10.4. The first-order valence-corrected chi connectivity index (χ1v) is 3.39. The number of hydrogen-bond donors (Lipinski definition) is 0. The number of ether oxygens (including phenoxy) is 1. The highest BCUT2D eigenvalue weighted by Gasteiger charge is 2.09. The molecule has 0 N–H and O–H groups in total. The molecule has 0 aromatic heterocycles. The lowest BCUT2D eigenvalue weighted by Gasteiger charge is -1.99. The van der Waals surface area contributed by atoms with E-state index in [1.54, 1.807) is 6.29 Å². The standard InChI is InChI=1S/C8H6NO4/c1-13-8-3-6(5-10)2-7(4-8)9(11)12/h2-4H,1H3. The first-order chi connectivity index (χ1) is 6.17. The molecular weight excluding hydrogens is 174 g/mol. The number of rotatable bonds is 3. The number of methoxy groups -OCH3 is 1. The van der Waals surface area contributed by atoms with E-state index in [0.717, 1.165) is 6.07 Å². The minimum Gasteiger partial charge on any atom is -0.496 e. The minimum absolute atomic E-state index is 0.103. The van der Waals surface area contributed by atoms with Crippen LogP contribution in [0.4, 0.5) is 5.69 Å². The second-order valence-corrected chi connectivity index (χ2v) is 2.28. The molecular formula is C8H6NO4. The molecule has 1 radical (unpaired) electrons. The van der Waals surface area contributed by atoms with Gasteiger partial charge >= 0.3 is 0 Å². The molecule has 0 amide bonds. The van der Waals surface area contributed by atoms with Gasteiger partial charge in [0.2, 0.25) is 6.29 Å². The number of nitro benzene ring substituents is 1. The molecule has 0 aliphatic heterocycles.